The second-order valence-corrected chi connectivity index (χ2v) is 5.74. The summed E-state index contributed by atoms with van der Waals surface area (Å²) in [6, 6.07) is 6.81. The molecule has 1 aromatic carbocycles. The Kier molecular flexibility index (Phi) is 3.33. The van der Waals surface area contributed by atoms with E-state index in [4.69, 9.17) is 0 Å². The van der Waals surface area contributed by atoms with Crippen molar-refractivity contribution >= 4 is 10.0 Å². The summed E-state index contributed by atoms with van der Waals surface area (Å²) in [5, 5.41) is 0. The molecule has 0 saturated heterocycles. The molecule has 4 heteroatoms. The highest BCUT2D eigenvalue weighted by molar-refractivity contribution is 7.89. The summed E-state index contributed by atoms with van der Waals surface area (Å²) in [5.74, 6) is 0. The van der Waals surface area contributed by atoms with Gasteiger partial charge in [0.15, 0.2) is 0 Å². The summed E-state index contributed by atoms with van der Waals surface area (Å²) in [4.78, 5) is 0.294. The molecule has 2 rings (SSSR count). The molecule has 0 fully saturated rings. The third kappa shape index (κ3) is 2.97. The maximum Gasteiger partial charge on any atom is 0.261 e. The Morgan fingerprint density at radius 1 is 1.12 bits per heavy atom. The molecule has 0 spiro atoms. The number of benzene rings is 1. The Hall–Kier alpha value is -1.55. The van der Waals surface area contributed by atoms with Gasteiger partial charge in [-0.3, -0.25) is 4.72 Å². The predicted octanol–water partition coefficient (Wildman–Crippen LogP) is 2.51. The van der Waals surface area contributed by atoms with E-state index in [1.54, 1.807) is 30.3 Å². The maximum absolute atomic E-state index is 12.0. The van der Waals surface area contributed by atoms with Crippen molar-refractivity contribution in [2.24, 2.45) is 0 Å². The number of hydrogen-bond acceptors (Lipinski definition) is 2. The van der Waals surface area contributed by atoms with E-state index in [-0.39, 0.29) is 0 Å². The lowest BCUT2D eigenvalue weighted by Gasteiger charge is -2.11. The molecule has 1 aliphatic carbocycles. The van der Waals surface area contributed by atoms with Crippen LogP contribution in [-0.2, 0) is 10.0 Å². The summed E-state index contributed by atoms with van der Waals surface area (Å²) in [5.41, 5.74) is 1.69. The molecular weight excluding hydrogens is 234 g/mol. The van der Waals surface area contributed by atoms with Gasteiger partial charge >= 0.3 is 0 Å². The summed E-state index contributed by atoms with van der Waals surface area (Å²) >= 11 is 0. The molecule has 0 unspecified atom stereocenters. The van der Waals surface area contributed by atoms with Gasteiger partial charge in [-0.1, -0.05) is 29.8 Å². The zero-order valence-corrected chi connectivity index (χ0v) is 10.5. The van der Waals surface area contributed by atoms with Crippen LogP contribution in [0.4, 0.5) is 0 Å². The first-order valence-electron chi connectivity index (χ1n) is 5.54. The van der Waals surface area contributed by atoms with Gasteiger partial charge < -0.3 is 0 Å². The molecule has 0 saturated carbocycles. The van der Waals surface area contributed by atoms with E-state index >= 15 is 0 Å². The average molecular weight is 249 g/mol. The maximum atomic E-state index is 12.0. The first-order chi connectivity index (χ1) is 8.08. The van der Waals surface area contributed by atoms with Crippen LogP contribution in [0.25, 0.3) is 0 Å². The minimum Gasteiger partial charge on any atom is -0.280 e. The smallest absolute Gasteiger partial charge is 0.261 e. The van der Waals surface area contributed by atoms with Crippen LogP contribution in [0.2, 0.25) is 0 Å². The number of allylic oxidation sites excluding steroid dienone is 3. The van der Waals surface area contributed by atoms with E-state index in [1.165, 1.54) is 0 Å². The number of sulfonamides is 1. The van der Waals surface area contributed by atoms with Gasteiger partial charge in [-0.2, -0.15) is 0 Å². The molecule has 1 aliphatic rings. The fraction of sp³-hybridized carbons (Fsp3) is 0.231. The highest BCUT2D eigenvalue weighted by Gasteiger charge is 2.14. The van der Waals surface area contributed by atoms with Crippen molar-refractivity contribution in [1.82, 2.24) is 4.72 Å². The lowest BCUT2D eigenvalue weighted by Crippen LogP contribution is -2.22. The van der Waals surface area contributed by atoms with Crippen molar-refractivity contribution in [3.05, 3.63) is 53.8 Å². The first-order valence-corrected chi connectivity index (χ1v) is 7.02. The van der Waals surface area contributed by atoms with Gasteiger partial charge in [0.05, 0.1) is 4.90 Å². The molecule has 1 aromatic rings. The molecule has 0 aliphatic heterocycles. The van der Waals surface area contributed by atoms with Crippen molar-refractivity contribution in [2.75, 3.05) is 0 Å². The minimum absolute atomic E-state index is 0.294. The molecule has 0 aromatic heterocycles. The van der Waals surface area contributed by atoms with E-state index < -0.39 is 10.0 Å². The van der Waals surface area contributed by atoms with Gasteiger partial charge in [-0.15, -0.1) is 0 Å². The van der Waals surface area contributed by atoms with Crippen molar-refractivity contribution < 1.29 is 8.42 Å². The minimum atomic E-state index is -3.45. The zero-order chi connectivity index (χ0) is 12.3. The molecule has 0 radical (unpaired) electrons. The van der Waals surface area contributed by atoms with Crippen molar-refractivity contribution in [3.8, 4) is 0 Å². The van der Waals surface area contributed by atoms with Crippen molar-refractivity contribution in [3.63, 3.8) is 0 Å². The fourth-order valence-electron chi connectivity index (χ4n) is 1.62. The third-order valence-electron chi connectivity index (χ3n) is 2.58. The van der Waals surface area contributed by atoms with Gasteiger partial charge in [-0.25, -0.2) is 8.42 Å². The van der Waals surface area contributed by atoms with Crippen LogP contribution in [0.15, 0.2) is 53.1 Å². The summed E-state index contributed by atoms with van der Waals surface area (Å²) in [7, 11) is -3.45. The Morgan fingerprint density at radius 2 is 1.82 bits per heavy atom. The van der Waals surface area contributed by atoms with Crippen LogP contribution < -0.4 is 4.72 Å². The van der Waals surface area contributed by atoms with Crippen LogP contribution in [-0.4, -0.2) is 8.42 Å². The number of hydrogen-bond donors (Lipinski definition) is 1. The lowest BCUT2D eigenvalue weighted by atomic mass is 10.2. The van der Waals surface area contributed by atoms with E-state index in [1.807, 2.05) is 19.1 Å². The standard InChI is InChI=1S/C13H15NO2S/c1-11-7-9-13(10-8-11)17(15,16)14-12-5-3-2-4-6-12/h3,5-10,14H,2,4H2,1H3. The summed E-state index contributed by atoms with van der Waals surface area (Å²) in [6.07, 6.45) is 7.51. The van der Waals surface area contributed by atoms with Gasteiger partial charge in [-0.05, 0) is 38.0 Å². The second kappa shape index (κ2) is 4.75. The summed E-state index contributed by atoms with van der Waals surface area (Å²) in [6.45, 7) is 1.93. The van der Waals surface area contributed by atoms with Crippen molar-refractivity contribution in [2.45, 2.75) is 24.7 Å². The number of rotatable bonds is 3. The third-order valence-corrected chi connectivity index (χ3v) is 3.98. The molecule has 0 atom stereocenters. The normalized spacial score (nSPS) is 15.5. The molecule has 0 bridgehead atoms. The highest BCUT2D eigenvalue weighted by atomic mass is 32.2. The first kappa shape index (κ1) is 11.9. The van der Waals surface area contributed by atoms with Gasteiger partial charge in [0, 0.05) is 5.70 Å². The van der Waals surface area contributed by atoms with E-state index in [2.05, 4.69) is 4.72 Å². The second-order valence-electron chi connectivity index (χ2n) is 4.06. The SMILES string of the molecule is Cc1ccc(S(=O)(=O)NC2=CCCC=C2)cc1. The van der Waals surface area contributed by atoms with Crippen LogP contribution >= 0.6 is 0 Å². The topological polar surface area (TPSA) is 46.2 Å². The van der Waals surface area contributed by atoms with E-state index in [0.717, 1.165) is 18.4 Å². The summed E-state index contributed by atoms with van der Waals surface area (Å²) < 4.78 is 26.6. The van der Waals surface area contributed by atoms with E-state index in [0.29, 0.717) is 10.6 Å². The molecule has 17 heavy (non-hydrogen) atoms. The lowest BCUT2D eigenvalue weighted by molar-refractivity contribution is 0.589. The Labute approximate surface area is 102 Å². The monoisotopic (exact) mass is 249 g/mol. The molecular formula is C13H15NO2S. The number of aryl methyl sites for hydroxylation is 1. The predicted molar refractivity (Wildman–Crippen MR) is 68.0 cm³/mol. The molecule has 90 valence electrons. The van der Waals surface area contributed by atoms with Crippen LogP contribution in [0.5, 0.6) is 0 Å². The molecule has 1 N–H and O–H groups in total. The number of nitrogens with one attached hydrogen (secondary N) is 1. The zero-order valence-electron chi connectivity index (χ0n) is 9.68. The fourth-order valence-corrected chi connectivity index (χ4v) is 2.69. The van der Waals surface area contributed by atoms with Crippen LogP contribution in [0.1, 0.15) is 18.4 Å². The van der Waals surface area contributed by atoms with Gasteiger partial charge in [0.2, 0.25) is 0 Å². The molecule has 3 nitrogen and oxygen atoms in total. The van der Waals surface area contributed by atoms with Gasteiger partial charge in [0.25, 0.3) is 10.0 Å². The quantitative estimate of drug-likeness (QED) is 0.894. The van der Waals surface area contributed by atoms with Crippen LogP contribution in [0.3, 0.4) is 0 Å². The molecule has 0 heterocycles. The average Bonchev–Trinajstić information content (AvgIpc) is 2.30. The Bertz CT molecular complexity index is 554. The van der Waals surface area contributed by atoms with Crippen molar-refractivity contribution in [1.29, 1.82) is 0 Å². The largest absolute Gasteiger partial charge is 0.280 e. The Morgan fingerprint density at radius 3 is 2.41 bits per heavy atom. The van der Waals surface area contributed by atoms with Gasteiger partial charge in [0.1, 0.15) is 0 Å². The highest BCUT2D eigenvalue weighted by Crippen LogP contribution is 2.14. The van der Waals surface area contributed by atoms with E-state index in [9.17, 15) is 8.42 Å². The van der Waals surface area contributed by atoms with Crippen LogP contribution in [0, 0.1) is 6.92 Å². The molecule has 0 amide bonds. The Balaban J connectivity index is 2.22.